The minimum Gasteiger partial charge on any atom is -0.462 e. The first kappa shape index (κ1) is 13.4. The summed E-state index contributed by atoms with van der Waals surface area (Å²) < 4.78 is 9.50. The van der Waals surface area contributed by atoms with E-state index in [1.54, 1.807) is 0 Å². The van der Waals surface area contributed by atoms with Gasteiger partial charge in [-0.25, -0.2) is 9.59 Å². The Morgan fingerprint density at radius 3 is 2.40 bits per heavy atom. The fraction of sp³-hybridized carbons (Fsp3) is 0.455. The summed E-state index contributed by atoms with van der Waals surface area (Å²) in [5.74, 6) is -0.870. The maximum Gasteiger partial charge on any atom is 0.336 e. The molecule has 0 saturated carbocycles. The van der Waals surface area contributed by atoms with Gasteiger partial charge in [0, 0.05) is 6.08 Å². The van der Waals surface area contributed by atoms with Crippen LogP contribution in [0.25, 0.3) is 0 Å². The molecule has 0 radical (unpaired) electrons. The summed E-state index contributed by atoms with van der Waals surface area (Å²) in [6, 6.07) is 0. The van der Waals surface area contributed by atoms with Crippen LogP contribution in [0.5, 0.6) is 0 Å². The normalized spacial score (nSPS) is 9.53. The van der Waals surface area contributed by atoms with E-state index in [2.05, 4.69) is 17.9 Å². The van der Waals surface area contributed by atoms with E-state index in [9.17, 15) is 9.59 Å². The predicted octanol–water partition coefficient (Wildman–Crippen LogP) is 1.47. The molecule has 0 aliphatic rings. The van der Waals surface area contributed by atoms with Crippen molar-refractivity contribution in [1.82, 2.24) is 0 Å². The van der Waals surface area contributed by atoms with Crippen LogP contribution in [0.3, 0.4) is 0 Å². The van der Waals surface area contributed by atoms with Crippen LogP contribution >= 0.6 is 0 Å². The predicted molar refractivity (Wildman–Crippen MR) is 56.1 cm³/mol. The van der Waals surface area contributed by atoms with Crippen molar-refractivity contribution in [2.45, 2.75) is 13.8 Å². The first-order chi connectivity index (χ1) is 6.97. The van der Waals surface area contributed by atoms with Crippen LogP contribution in [-0.2, 0) is 19.1 Å². The van der Waals surface area contributed by atoms with Crippen LogP contribution in [-0.4, -0.2) is 25.2 Å². The lowest BCUT2D eigenvalue weighted by atomic mass is 10.2. The zero-order chi connectivity index (χ0) is 11.8. The molecule has 84 valence electrons. The highest BCUT2D eigenvalue weighted by atomic mass is 16.5. The zero-order valence-corrected chi connectivity index (χ0v) is 9.12. The Hall–Kier alpha value is -1.58. The van der Waals surface area contributed by atoms with E-state index in [4.69, 9.17) is 4.74 Å². The SMILES string of the molecule is C=CC(=O)OCC(=C)C(=O)OCC(C)C. The van der Waals surface area contributed by atoms with Crippen molar-refractivity contribution in [3.05, 3.63) is 24.8 Å². The number of hydrogen-bond acceptors (Lipinski definition) is 4. The van der Waals surface area contributed by atoms with Gasteiger partial charge in [-0.3, -0.25) is 0 Å². The molecule has 0 aromatic heterocycles. The molecule has 0 N–H and O–H groups in total. The summed E-state index contributed by atoms with van der Waals surface area (Å²) in [4.78, 5) is 21.9. The van der Waals surface area contributed by atoms with Crippen LogP contribution in [0.15, 0.2) is 24.8 Å². The Bertz CT molecular complexity index is 266. The second-order valence-electron chi connectivity index (χ2n) is 3.41. The fourth-order valence-electron chi connectivity index (χ4n) is 0.621. The van der Waals surface area contributed by atoms with Gasteiger partial charge in [0.2, 0.25) is 0 Å². The Morgan fingerprint density at radius 2 is 1.93 bits per heavy atom. The average molecular weight is 212 g/mol. The molecule has 0 bridgehead atoms. The summed E-state index contributed by atoms with van der Waals surface area (Å²) in [6.45, 7) is 10.7. The Morgan fingerprint density at radius 1 is 1.33 bits per heavy atom. The third kappa shape index (κ3) is 6.49. The van der Waals surface area contributed by atoms with Gasteiger partial charge in [-0.05, 0) is 5.92 Å². The van der Waals surface area contributed by atoms with Crippen molar-refractivity contribution in [2.24, 2.45) is 5.92 Å². The highest BCUT2D eigenvalue weighted by molar-refractivity contribution is 5.89. The number of carbonyl (C=O) groups excluding carboxylic acids is 2. The Balaban J connectivity index is 3.84. The molecule has 0 heterocycles. The smallest absolute Gasteiger partial charge is 0.336 e. The van der Waals surface area contributed by atoms with Crippen LogP contribution in [0.1, 0.15) is 13.8 Å². The minimum atomic E-state index is -0.590. The number of esters is 2. The van der Waals surface area contributed by atoms with Crippen LogP contribution < -0.4 is 0 Å². The molecule has 0 spiro atoms. The van der Waals surface area contributed by atoms with Crippen LogP contribution in [0.4, 0.5) is 0 Å². The molecule has 0 aromatic carbocycles. The first-order valence-corrected chi connectivity index (χ1v) is 4.61. The van der Waals surface area contributed by atoms with Gasteiger partial charge in [-0.2, -0.15) is 0 Å². The molecule has 15 heavy (non-hydrogen) atoms. The van der Waals surface area contributed by atoms with E-state index in [0.717, 1.165) is 6.08 Å². The van der Waals surface area contributed by atoms with Crippen molar-refractivity contribution < 1.29 is 19.1 Å². The molecule has 0 aromatic rings. The van der Waals surface area contributed by atoms with Gasteiger partial charge in [0.15, 0.2) is 0 Å². The zero-order valence-electron chi connectivity index (χ0n) is 9.12. The molecule has 0 amide bonds. The Kier molecular flexibility index (Phi) is 6.09. The largest absolute Gasteiger partial charge is 0.462 e. The fourth-order valence-corrected chi connectivity index (χ4v) is 0.621. The van der Waals surface area contributed by atoms with Crippen molar-refractivity contribution in [3.63, 3.8) is 0 Å². The third-order valence-electron chi connectivity index (χ3n) is 1.39. The van der Waals surface area contributed by atoms with E-state index >= 15 is 0 Å². The molecule has 4 heteroatoms. The molecular formula is C11H16O4. The van der Waals surface area contributed by atoms with Gasteiger partial charge < -0.3 is 9.47 Å². The highest BCUT2D eigenvalue weighted by Gasteiger charge is 2.10. The van der Waals surface area contributed by atoms with Crippen molar-refractivity contribution in [3.8, 4) is 0 Å². The summed E-state index contributed by atoms with van der Waals surface area (Å²) in [7, 11) is 0. The summed E-state index contributed by atoms with van der Waals surface area (Å²) in [5, 5.41) is 0. The van der Waals surface area contributed by atoms with Crippen molar-refractivity contribution in [1.29, 1.82) is 0 Å². The lowest BCUT2D eigenvalue weighted by Gasteiger charge is -2.08. The minimum absolute atomic E-state index is 0.117. The van der Waals surface area contributed by atoms with Gasteiger partial charge in [0.1, 0.15) is 6.61 Å². The van der Waals surface area contributed by atoms with Crippen molar-refractivity contribution in [2.75, 3.05) is 13.2 Å². The van der Waals surface area contributed by atoms with Gasteiger partial charge in [-0.15, -0.1) is 0 Å². The second-order valence-corrected chi connectivity index (χ2v) is 3.41. The maximum atomic E-state index is 11.2. The summed E-state index contributed by atoms with van der Waals surface area (Å²) >= 11 is 0. The summed E-state index contributed by atoms with van der Waals surface area (Å²) in [5.41, 5.74) is 0.117. The van der Waals surface area contributed by atoms with E-state index in [0.29, 0.717) is 6.61 Å². The average Bonchev–Trinajstić information content (AvgIpc) is 2.21. The van der Waals surface area contributed by atoms with E-state index < -0.39 is 11.9 Å². The van der Waals surface area contributed by atoms with Gasteiger partial charge in [-0.1, -0.05) is 27.0 Å². The lowest BCUT2D eigenvalue weighted by Crippen LogP contribution is -2.16. The molecule has 0 unspecified atom stereocenters. The van der Waals surface area contributed by atoms with E-state index in [-0.39, 0.29) is 18.1 Å². The first-order valence-electron chi connectivity index (χ1n) is 4.61. The van der Waals surface area contributed by atoms with E-state index in [1.807, 2.05) is 13.8 Å². The molecule has 0 aliphatic carbocycles. The van der Waals surface area contributed by atoms with Gasteiger partial charge >= 0.3 is 11.9 Å². The van der Waals surface area contributed by atoms with Crippen LogP contribution in [0, 0.1) is 5.92 Å². The standard InChI is InChI=1S/C11H16O4/c1-5-10(12)14-7-9(4)11(13)15-6-8(2)3/h5,8H,1,4,6-7H2,2-3H3. The summed E-state index contributed by atoms with van der Waals surface area (Å²) in [6.07, 6.45) is 1.02. The molecule has 4 nitrogen and oxygen atoms in total. The molecular weight excluding hydrogens is 196 g/mol. The molecule has 0 fully saturated rings. The third-order valence-corrected chi connectivity index (χ3v) is 1.39. The van der Waals surface area contributed by atoms with Crippen molar-refractivity contribution >= 4 is 11.9 Å². The van der Waals surface area contributed by atoms with Crippen LogP contribution in [0.2, 0.25) is 0 Å². The molecule has 0 rings (SSSR count). The van der Waals surface area contributed by atoms with E-state index in [1.165, 1.54) is 0 Å². The molecule has 0 saturated heterocycles. The molecule has 0 aliphatic heterocycles. The number of hydrogen-bond donors (Lipinski definition) is 0. The monoisotopic (exact) mass is 212 g/mol. The lowest BCUT2D eigenvalue weighted by molar-refractivity contribution is -0.142. The highest BCUT2D eigenvalue weighted by Crippen LogP contribution is 2.00. The van der Waals surface area contributed by atoms with Gasteiger partial charge in [0.05, 0.1) is 12.2 Å². The quantitative estimate of drug-likeness (QED) is 0.494. The molecule has 0 atom stereocenters. The maximum absolute atomic E-state index is 11.2. The number of ether oxygens (including phenoxy) is 2. The Labute approximate surface area is 89.6 Å². The second kappa shape index (κ2) is 6.81. The van der Waals surface area contributed by atoms with Gasteiger partial charge in [0.25, 0.3) is 0 Å². The topological polar surface area (TPSA) is 52.6 Å². The number of carbonyl (C=O) groups is 2. The number of rotatable bonds is 6.